The van der Waals surface area contributed by atoms with Gasteiger partial charge in [-0.05, 0) is 43.0 Å². The summed E-state index contributed by atoms with van der Waals surface area (Å²) in [7, 11) is 0. The topological polar surface area (TPSA) is 110 Å². The number of carboxylic acid groups (broad SMARTS) is 1. The van der Waals surface area contributed by atoms with Crippen LogP contribution in [0.2, 0.25) is 5.02 Å². The number of aryl methyl sites for hydroxylation is 1. The summed E-state index contributed by atoms with van der Waals surface area (Å²) in [5.74, 6) is -0.253. The molecule has 4 heterocycles. The van der Waals surface area contributed by atoms with E-state index in [2.05, 4.69) is 37.1 Å². The first-order valence-corrected chi connectivity index (χ1v) is 11.2. The largest absolute Gasteiger partial charge is 0.478 e. The van der Waals surface area contributed by atoms with Crippen LogP contribution in [0.15, 0.2) is 42.9 Å². The van der Waals surface area contributed by atoms with E-state index in [1.54, 1.807) is 12.3 Å². The minimum Gasteiger partial charge on any atom is -0.478 e. The van der Waals surface area contributed by atoms with E-state index in [0.717, 1.165) is 54.9 Å². The van der Waals surface area contributed by atoms with Crippen molar-refractivity contribution < 1.29 is 9.90 Å². The maximum atomic E-state index is 11.2. The summed E-state index contributed by atoms with van der Waals surface area (Å²) in [6.45, 7) is 3.77. The number of carbonyl (C=O) groups is 1. The summed E-state index contributed by atoms with van der Waals surface area (Å²) in [5, 5.41) is 18.2. The Kier molecular flexibility index (Phi) is 5.63. The Labute approximate surface area is 195 Å². The van der Waals surface area contributed by atoms with Gasteiger partial charge in [0.25, 0.3) is 0 Å². The van der Waals surface area contributed by atoms with E-state index in [9.17, 15) is 4.79 Å². The fourth-order valence-corrected chi connectivity index (χ4v) is 4.39. The third kappa shape index (κ3) is 4.11. The summed E-state index contributed by atoms with van der Waals surface area (Å²) in [6, 6.07) is 6.65. The third-order valence-electron chi connectivity index (χ3n) is 6.04. The van der Waals surface area contributed by atoms with Gasteiger partial charge in [-0.15, -0.1) is 5.10 Å². The first-order valence-electron chi connectivity index (χ1n) is 10.8. The molecule has 0 radical (unpaired) electrons. The van der Waals surface area contributed by atoms with Crippen molar-refractivity contribution in [2.45, 2.75) is 32.2 Å². The Bertz CT molecular complexity index is 1310. The van der Waals surface area contributed by atoms with Gasteiger partial charge in [-0.3, -0.25) is 4.98 Å². The quantitative estimate of drug-likeness (QED) is 0.472. The Morgan fingerprint density at radius 3 is 2.55 bits per heavy atom. The number of hydrogen-bond donors (Lipinski definition) is 1. The fraction of sp³-hybridized carbons (Fsp3) is 0.304. The van der Waals surface area contributed by atoms with E-state index in [4.69, 9.17) is 16.7 Å². The third-order valence-corrected chi connectivity index (χ3v) is 6.36. The molecule has 168 valence electrons. The van der Waals surface area contributed by atoms with Crippen LogP contribution in [-0.2, 0) is 6.42 Å². The number of anilines is 1. The number of pyridine rings is 1. The van der Waals surface area contributed by atoms with E-state index in [0.29, 0.717) is 16.3 Å². The van der Waals surface area contributed by atoms with Crippen molar-refractivity contribution in [3.63, 3.8) is 0 Å². The highest BCUT2D eigenvalue weighted by Crippen LogP contribution is 2.31. The van der Waals surface area contributed by atoms with E-state index in [1.165, 1.54) is 12.1 Å². The molecule has 5 rings (SSSR count). The SMILES string of the molecule is CCc1cnc(N2CCC(n3nnc4cc(-c5ccc(C(=O)O)cc5Cl)ncc43)CC2)nc1. The maximum absolute atomic E-state index is 11.2. The Morgan fingerprint density at radius 1 is 1.12 bits per heavy atom. The molecule has 9 nitrogen and oxygen atoms in total. The van der Waals surface area contributed by atoms with Gasteiger partial charge in [0.1, 0.15) is 11.0 Å². The second-order valence-electron chi connectivity index (χ2n) is 8.06. The van der Waals surface area contributed by atoms with Crippen molar-refractivity contribution >= 4 is 34.6 Å². The Morgan fingerprint density at radius 2 is 1.88 bits per heavy atom. The van der Waals surface area contributed by atoms with E-state index < -0.39 is 5.97 Å². The number of piperidine rings is 1. The number of halogens is 1. The minimum absolute atomic E-state index is 0.133. The highest BCUT2D eigenvalue weighted by molar-refractivity contribution is 6.33. The molecular formula is C23H22ClN7O2. The van der Waals surface area contributed by atoms with Crippen molar-refractivity contribution in [1.82, 2.24) is 29.9 Å². The first-order chi connectivity index (χ1) is 16.0. The smallest absolute Gasteiger partial charge is 0.335 e. The number of fused-ring (bicyclic) bond motifs is 1. The summed E-state index contributed by atoms with van der Waals surface area (Å²) >= 11 is 6.31. The van der Waals surface area contributed by atoms with Gasteiger partial charge in [0.15, 0.2) is 0 Å². The van der Waals surface area contributed by atoms with Gasteiger partial charge in [-0.25, -0.2) is 19.4 Å². The van der Waals surface area contributed by atoms with Crippen molar-refractivity contribution in [3.8, 4) is 11.3 Å². The van der Waals surface area contributed by atoms with E-state index in [1.807, 2.05) is 23.1 Å². The fourth-order valence-electron chi connectivity index (χ4n) is 4.12. The molecule has 4 aromatic rings. The van der Waals surface area contributed by atoms with E-state index in [-0.39, 0.29) is 11.6 Å². The monoisotopic (exact) mass is 463 g/mol. The molecule has 0 aliphatic carbocycles. The molecule has 0 saturated carbocycles. The van der Waals surface area contributed by atoms with Crippen molar-refractivity contribution in [2.75, 3.05) is 18.0 Å². The van der Waals surface area contributed by atoms with Crippen LogP contribution in [0.1, 0.15) is 41.7 Å². The van der Waals surface area contributed by atoms with Gasteiger partial charge in [0, 0.05) is 31.0 Å². The Hall–Kier alpha value is -3.59. The predicted molar refractivity (Wildman–Crippen MR) is 125 cm³/mol. The lowest BCUT2D eigenvalue weighted by Crippen LogP contribution is -2.36. The molecule has 0 bridgehead atoms. The zero-order chi connectivity index (χ0) is 22.9. The number of aromatic carboxylic acids is 1. The summed E-state index contributed by atoms with van der Waals surface area (Å²) in [6.07, 6.45) is 8.28. The van der Waals surface area contributed by atoms with E-state index >= 15 is 0 Å². The number of rotatable bonds is 5. The maximum Gasteiger partial charge on any atom is 0.335 e. The second kappa shape index (κ2) is 8.74. The number of nitrogens with zero attached hydrogens (tertiary/aromatic N) is 7. The van der Waals surface area contributed by atoms with Gasteiger partial charge in [0.2, 0.25) is 5.95 Å². The van der Waals surface area contributed by atoms with Crippen molar-refractivity contribution in [1.29, 1.82) is 0 Å². The number of hydrogen-bond acceptors (Lipinski definition) is 7. The molecule has 0 atom stereocenters. The van der Waals surface area contributed by atoms with Gasteiger partial charge in [-0.1, -0.05) is 29.8 Å². The lowest BCUT2D eigenvalue weighted by molar-refractivity contribution is 0.0697. The average Bonchev–Trinajstić information content (AvgIpc) is 3.27. The Balaban J connectivity index is 1.34. The van der Waals surface area contributed by atoms with Crippen LogP contribution in [-0.4, -0.2) is 54.1 Å². The highest BCUT2D eigenvalue weighted by atomic mass is 35.5. The molecule has 3 aromatic heterocycles. The standard InChI is InChI=1S/C23H22ClN7O2/c1-2-14-11-26-23(27-12-14)30-7-5-16(6-8-30)31-21-13-25-19(10-20(21)28-29-31)17-4-3-15(22(32)33)9-18(17)24/h3-4,9-13,16H,2,5-8H2,1H3,(H,32,33). The molecule has 1 aliphatic heterocycles. The molecular weight excluding hydrogens is 442 g/mol. The van der Waals surface area contributed by atoms with Crippen molar-refractivity contribution in [3.05, 3.63) is 59.0 Å². The predicted octanol–water partition coefficient (Wildman–Crippen LogP) is 4.04. The molecule has 1 saturated heterocycles. The van der Waals surface area contributed by atoms with Crippen LogP contribution < -0.4 is 4.90 Å². The van der Waals surface area contributed by atoms with Crippen LogP contribution in [0, 0.1) is 0 Å². The van der Waals surface area contributed by atoms with Crippen LogP contribution in [0.4, 0.5) is 5.95 Å². The van der Waals surface area contributed by atoms with Crippen LogP contribution >= 0.6 is 11.6 Å². The normalized spacial score (nSPS) is 14.7. The summed E-state index contributed by atoms with van der Waals surface area (Å²) in [4.78, 5) is 26.9. The molecule has 10 heteroatoms. The first kappa shape index (κ1) is 21.3. The number of aromatic nitrogens is 6. The lowest BCUT2D eigenvalue weighted by Gasteiger charge is -2.32. The van der Waals surface area contributed by atoms with Crippen molar-refractivity contribution in [2.24, 2.45) is 0 Å². The summed E-state index contributed by atoms with van der Waals surface area (Å²) < 4.78 is 1.94. The van der Waals surface area contributed by atoms with Gasteiger partial charge < -0.3 is 10.0 Å². The zero-order valence-corrected chi connectivity index (χ0v) is 18.8. The molecule has 1 aliphatic rings. The van der Waals surface area contributed by atoms with Gasteiger partial charge in [0.05, 0.1) is 28.5 Å². The molecule has 0 amide bonds. The minimum atomic E-state index is -1.02. The molecule has 1 aromatic carbocycles. The number of benzene rings is 1. The van der Waals surface area contributed by atoms with Crippen LogP contribution in [0.25, 0.3) is 22.3 Å². The molecule has 0 unspecified atom stereocenters. The zero-order valence-electron chi connectivity index (χ0n) is 18.0. The van der Waals surface area contributed by atoms with Gasteiger partial charge in [-0.2, -0.15) is 0 Å². The van der Waals surface area contributed by atoms with Gasteiger partial charge >= 0.3 is 5.97 Å². The average molecular weight is 464 g/mol. The highest BCUT2D eigenvalue weighted by Gasteiger charge is 2.24. The summed E-state index contributed by atoms with van der Waals surface area (Å²) in [5.41, 5.74) is 4.13. The van der Waals surface area contributed by atoms with Crippen LogP contribution in [0.5, 0.6) is 0 Å². The molecule has 1 N–H and O–H groups in total. The molecule has 1 fully saturated rings. The molecule has 33 heavy (non-hydrogen) atoms. The van der Waals surface area contributed by atoms with Crippen LogP contribution in [0.3, 0.4) is 0 Å². The molecule has 0 spiro atoms. The lowest BCUT2D eigenvalue weighted by atomic mass is 10.1. The second-order valence-corrected chi connectivity index (χ2v) is 8.46. The number of carboxylic acids is 1.